The second-order valence-corrected chi connectivity index (χ2v) is 8.17. The fraction of sp³-hybridized carbons (Fsp3) is 0.391. The van der Waals surface area contributed by atoms with Crippen LogP contribution in [0.1, 0.15) is 53.6 Å². The standard InChI is InChI=1S/C23H26F3N3OS/c1-16-7-9-17(10-8-16)21(30)28-22(31)27-19-15-18(23(24,25)26)11-12-20(19)29-13-5-3-2-4-6-14-29/h7-12,15H,2-6,13-14H2,1H3,(H2,27,28,30,31). The van der Waals surface area contributed by atoms with Crippen LogP contribution in [0.2, 0.25) is 0 Å². The van der Waals surface area contributed by atoms with E-state index in [0.717, 1.165) is 56.5 Å². The molecule has 0 unspecified atom stereocenters. The van der Waals surface area contributed by atoms with Gasteiger partial charge in [-0.1, -0.05) is 37.0 Å². The van der Waals surface area contributed by atoms with Crippen molar-refractivity contribution in [3.8, 4) is 0 Å². The van der Waals surface area contributed by atoms with Crippen LogP contribution in [0, 0.1) is 6.92 Å². The van der Waals surface area contributed by atoms with Crippen molar-refractivity contribution in [3.05, 3.63) is 59.2 Å². The average molecular weight is 450 g/mol. The maximum Gasteiger partial charge on any atom is 0.416 e. The molecule has 1 fully saturated rings. The summed E-state index contributed by atoms with van der Waals surface area (Å²) < 4.78 is 40.0. The van der Waals surface area contributed by atoms with Crippen LogP contribution in [0.5, 0.6) is 0 Å². The largest absolute Gasteiger partial charge is 0.416 e. The van der Waals surface area contributed by atoms with Crippen molar-refractivity contribution in [1.82, 2.24) is 5.32 Å². The smallest absolute Gasteiger partial charge is 0.370 e. The van der Waals surface area contributed by atoms with Gasteiger partial charge in [0, 0.05) is 18.7 Å². The normalized spacial score (nSPS) is 15.0. The summed E-state index contributed by atoms with van der Waals surface area (Å²) in [5.74, 6) is -0.419. The molecule has 0 radical (unpaired) electrons. The Hall–Kier alpha value is -2.61. The quantitative estimate of drug-likeness (QED) is 0.572. The van der Waals surface area contributed by atoms with Crippen molar-refractivity contribution < 1.29 is 18.0 Å². The molecule has 0 aliphatic carbocycles. The van der Waals surface area contributed by atoms with E-state index < -0.39 is 17.6 Å². The number of alkyl halides is 3. The number of nitrogens with zero attached hydrogens (tertiary/aromatic N) is 1. The zero-order valence-electron chi connectivity index (χ0n) is 17.4. The lowest BCUT2D eigenvalue weighted by Gasteiger charge is -2.29. The van der Waals surface area contributed by atoms with E-state index in [2.05, 4.69) is 15.5 Å². The molecule has 1 aliphatic heterocycles. The number of carbonyl (C=O) groups excluding carboxylic acids is 1. The molecule has 1 saturated heterocycles. The lowest BCUT2D eigenvalue weighted by atomic mass is 10.1. The molecule has 0 bridgehead atoms. The van der Waals surface area contributed by atoms with Crippen LogP contribution in [0.4, 0.5) is 24.5 Å². The minimum absolute atomic E-state index is 0.0433. The van der Waals surface area contributed by atoms with Crippen LogP contribution < -0.4 is 15.5 Å². The van der Waals surface area contributed by atoms with Crippen LogP contribution in [-0.4, -0.2) is 24.1 Å². The molecule has 1 aliphatic rings. The van der Waals surface area contributed by atoms with E-state index in [0.29, 0.717) is 11.3 Å². The molecule has 0 atom stereocenters. The Labute approximate surface area is 185 Å². The third-order valence-corrected chi connectivity index (χ3v) is 5.51. The maximum atomic E-state index is 13.3. The van der Waals surface area contributed by atoms with E-state index in [9.17, 15) is 18.0 Å². The molecule has 4 nitrogen and oxygen atoms in total. The van der Waals surface area contributed by atoms with Gasteiger partial charge in [0.1, 0.15) is 0 Å². The van der Waals surface area contributed by atoms with Gasteiger partial charge in [0.15, 0.2) is 5.11 Å². The molecule has 0 saturated carbocycles. The van der Waals surface area contributed by atoms with Gasteiger partial charge < -0.3 is 10.2 Å². The Kier molecular flexibility index (Phi) is 7.54. The monoisotopic (exact) mass is 449 g/mol. The summed E-state index contributed by atoms with van der Waals surface area (Å²) in [5, 5.41) is 5.34. The number of nitrogens with one attached hydrogen (secondary N) is 2. The summed E-state index contributed by atoms with van der Waals surface area (Å²) in [6.07, 6.45) is 0.874. The molecule has 1 amide bonds. The highest BCUT2D eigenvalue weighted by atomic mass is 32.1. The van der Waals surface area contributed by atoms with E-state index >= 15 is 0 Å². The molecular formula is C23H26F3N3OS. The molecule has 31 heavy (non-hydrogen) atoms. The van der Waals surface area contributed by atoms with Crippen LogP contribution >= 0.6 is 12.2 Å². The van der Waals surface area contributed by atoms with E-state index in [-0.39, 0.29) is 10.8 Å². The molecule has 1 heterocycles. The predicted octanol–water partition coefficient (Wildman–Crippen LogP) is 5.91. The van der Waals surface area contributed by atoms with Gasteiger partial charge in [0.25, 0.3) is 5.91 Å². The Balaban J connectivity index is 1.81. The van der Waals surface area contributed by atoms with Gasteiger partial charge in [0.2, 0.25) is 0 Å². The summed E-state index contributed by atoms with van der Waals surface area (Å²) in [5.41, 5.74) is 1.56. The van der Waals surface area contributed by atoms with E-state index in [1.54, 1.807) is 24.3 Å². The van der Waals surface area contributed by atoms with E-state index in [4.69, 9.17) is 12.2 Å². The first-order valence-corrected chi connectivity index (χ1v) is 10.8. The molecule has 8 heteroatoms. The number of carbonyl (C=O) groups is 1. The second kappa shape index (κ2) is 10.1. The summed E-state index contributed by atoms with van der Waals surface area (Å²) in [6, 6.07) is 10.6. The van der Waals surface area contributed by atoms with Crippen LogP contribution in [0.25, 0.3) is 0 Å². The van der Waals surface area contributed by atoms with Gasteiger partial charge >= 0.3 is 6.18 Å². The minimum atomic E-state index is -4.47. The van der Waals surface area contributed by atoms with Gasteiger partial charge in [-0.3, -0.25) is 10.1 Å². The highest BCUT2D eigenvalue weighted by molar-refractivity contribution is 7.80. The highest BCUT2D eigenvalue weighted by Gasteiger charge is 2.31. The summed E-state index contributed by atoms with van der Waals surface area (Å²) in [7, 11) is 0. The van der Waals surface area contributed by atoms with Gasteiger partial charge in [-0.15, -0.1) is 0 Å². The van der Waals surface area contributed by atoms with Gasteiger partial charge in [-0.25, -0.2) is 0 Å². The lowest BCUT2D eigenvalue weighted by molar-refractivity contribution is -0.137. The average Bonchev–Trinajstić information content (AvgIpc) is 2.68. The molecule has 2 aromatic rings. The topological polar surface area (TPSA) is 44.4 Å². The van der Waals surface area contributed by atoms with Crippen molar-refractivity contribution in [2.75, 3.05) is 23.3 Å². The highest BCUT2D eigenvalue weighted by Crippen LogP contribution is 2.36. The first-order chi connectivity index (χ1) is 14.7. The third-order valence-electron chi connectivity index (χ3n) is 5.31. The number of hydrogen-bond donors (Lipinski definition) is 2. The van der Waals surface area contributed by atoms with Gasteiger partial charge in [0.05, 0.1) is 16.9 Å². The van der Waals surface area contributed by atoms with Crippen molar-refractivity contribution >= 4 is 34.6 Å². The molecule has 3 rings (SSSR count). The van der Waals surface area contributed by atoms with Crippen molar-refractivity contribution in [3.63, 3.8) is 0 Å². The fourth-order valence-corrected chi connectivity index (χ4v) is 3.81. The molecule has 0 spiro atoms. The number of benzene rings is 2. The summed E-state index contributed by atoms with van der Waals surface area (Å²) >= 11 is 5.24. The van der Waals surface area contributed by atoms with E-state index in [1.807, 2.05) is 6.92 Å². The summed E-state index contributed by atoms with van der Waals surface area (Å²) in [4.78, 5) is 14.5. The van der Waals surface area contributed by atoms with Gasteiger partial charge in [-0.2, -0.15) is 13.2 Å². The second-order valence-electron chi connectivity index (χ2n) is 7.76. The molecule has 2 aromatic carbocycles. The zero-order valence-corrected chi connectivity index (χ0v) is 18.2. The van der Waals surface area contributed by atoms with Gasteiger partial charge in [-0.05, 0) is 62.3 Å². The first kappa shape index (κ1) is 23.1. The number of aryl methyl sites for hydroxylation is 1. The van der Waals surface area contributed by atoms with Crippen LogP contribution in [-0.2, 0) is 6.18 Å². The Morgan fingerprint density at radius 1 is 0.968 bits per heavy atom. The number of halogens is 3. The number of rotatable bonds is 3. The van der Waals surface area contributed by atoms with Crippen molar-refractivity contribution in [1.29, 1.82) is 0 Å². The molecule has 166 valence electrons. The predicted molar refractivity (Wildman–Crippen MR) is 122 cm³/mol. The van der Waals surface area contributed by atoms with E-state index in [1.165, 1.54) is 12.5 Å². The van der Waals surface area contributed by atoms with Crippen molar-refractivity contribution in [2.24, 2.45) is 0 Å². The minimum Gasteiger partial charge on any atom is -0.370 e. The lowest BCUT2D eigenvalue weighted by Crippen LogP contribution is -2.35. The molecule has 2 N–H and O–H groups in total. The Morgan fingerprint density at radius 3 is 2.19 bits per heavy atom. The SMILES string of the molecule is Cc1ccc(C(=O)NC(=S)Nc2cc(C(F)(F)F)ccc2N2CCCCCCC2)cc1. The number of anilines is 2. The molecule has 0 aromatic heterocycles. The molecular weight excluding hydrogens is 423 g/mol. The summed E-state index contributed by atoms with van der Waals surface area (Å²) in [6.45, 7) is 3.44. The van der Waals surface area contributed by atoms with Crippen molar-refractivity contribution in [2.45, 2.75) is 45.2 Å². The first-order valence-electron chi connectivity index (χ1n) is 10.4. The fourth-order valence-electron chi connectivity index (χ4n) is 3.61. The number of amides is 1. The van der Waals surface area contributed by atoms with Crippen LogP contribution in [0.3, 0.4) is 0 Å². The number of hydrogen-bond acceptors (Lipinski definition) is 3. The third kappa shape index (κ3) is 6.43. The van der Waals surface area contributed by atoms with Crippen LogP contribution in [0.15, 0.2) is 42.5 Å². The maximum absolute atomic E-state index is 13.3. The zero-order chi connectivity index (χ0) is 22.4. The number of thiocarbonyl (C=S) groups is 1. The Morgan fingerprint density at radius 2 is 1.58 bits per heavy atom. The Bertz CT molecular complexity index is 921.